The van der Waals surface area contributed by atoms with Crippen LogP contribution >= 0.6 is 0 Å². The number of rotatable bonds is 4. The molecule has 3 nitrogen and oxygen atoms in total. The van der Waals surface area contributed by atoms with E-state index >= 15 is 0 Å². The van der Waals surface area contributed by atoms with Gasteiger partial charge in [-0.1, -0.05) is 55.1 Å². The highest BCUT2D eigenvalue weighted by Gasteiger charge is 2.24. The molecule has 0 bridgehead atoms. The summed E-state index contributed by atoms with van der Waals surface area (Å²) in [5, 5.41) is 0. The van der Waals surface area contributed by atoms with Gasteiger partial charge in [0, 0.05) is 5.56 Å². The van der Waals surface area contributed by atoms with Gasteiger partial charge in [-0.3, -0.25) is 4.84 Å². The topological polar surface area (TPSA) is 30.5 Å². The molecule has 0 amide bonds. The molecular weight excluding hydrogens is 250 g/mol. The van der Waals surface area contributed by atoms with Crippen LogP contribution in [0.5, 0.6) is 5.75 Å². The maximum atomic E-state index is 5.64. The molecule has 0 aliphatic carbocycles. The van der Waals surface area contributed by atoms with Crippen molar-refractivity contribution in [3.8, 4) is 5.75 Å². The Morgan fingerprint density at radius 1 is 1.10 bits per heavy atom. The van der Waals surface area contributed by atoms with Crippen molar-refractivity contribution in [3.05, 3.63) is 77.9 Å². The standard InChI is InChI=1S/C17H17NO2/c1-13-11-19-16-10-6-5-9-15(16)17(13)18-20-12-14-7-3-2-4-8-14/h2-10,17-18H,1,11-12H2/t17-/m1/s1. The summed E-state index contributed by atoms with van der Waals surface area (Å²) in [5.41, 5.74) is 6.26. The van der Waals surface area contributed by atoms with Crippen LogP contribution in [0.1, 0.15) is 17.2 Å². The lowest BCUT2D eigenvalue weighted by molar-refractivity contribution is 0.00646. The molecule has 0 aromatic heterocycles. The van der Waals surface area contributed by atoms with E-state index in [0.717, 1.165) is 22.4 Å². The highest BCUT2D eigenvalue weighted by molar-refractivity contribution is 5.42. The molecule has 0 fully saturated rings. The molecule has 0 saturated heterocycles. The van der Waals surface area contributed by atoms with Crippen molar-refractivity contribution in [1.82, 2.24) is 5.48 Å². The Kier molecular flexibility index (Phi) is 3.81. The third-order valence-corrected chi connectivity index (χ3v) is 3.33. The minimum Gasteiger partial charge on any atom is -0.489 e. The number of hydrogen-bond acceptors (Lipinski definition) is 3. The lowest BCUT2D eigenvalue weighted by atomic mass is 9.98. The van der Waals surface area contributed by atoms with Gasteiger partial charge in [-0.05, 0) is 17.2 Å². The smallest absolute Gasteiger partial charge is 0.124 e. The van der Waals surface area contributed by atoms with Gasteiger partial charge < -0.3 is 4.74 Å². The number of hydroxylamine groups is 1. The first-order chi connectivity index (χ1) is 9.84. The molecule has 0 radical (unpaired) electrons. The van der Waals surface area contributed by atoms with Crippen molar-refractivity contribution in [3.63, 3.8) is 0 Å². The quantitative estimate of drug-likeness (QED) is 0.680. The van der Waals surface area contributed by atoms with E-state index in [-0.39, 0.29) is 6.04 Å². The van der Waals surface area contributed by atoms with E-state index in [4.69, 9.17) is 9.57 Å². The van der Waals surface area contributed by atoms with E-state index < -0.39 is 0 Å². The highest BCUT2D eigenvalue weighted by Crippen LogP contribution is 2.33. The first-order valence-corrected chi connectivity index (χ1v) is 6.65. The molecule has 1 atom stereocenters. The van der Waals surface area contributed by atoms with Crippen LogP contribution in [0.25, 0.3) is 0 Å². The zero-order valence-electron chi connectivity index (χ0n) is 11.2. The summed E-state index contributed by atoms with van der Waals surface area (Å²) in [5.74, 6) is 0.890. The van der Waals surface area contributed by atoms with E-state index in [1.807, 2.05) is 54.6 Å². The second-order valence-corrected chi connectivity index (χ2v) is 4.81. The molecule has 102 valence electrons. The Hall–Kier alpha value is -2.10. The van der Waals surface area contributed by atoms with Crippen LogP contribution in [0.15, 0.2) is 66.7 Å². The Labute approximate surface area is 118 Å². The molecule has 1 aliphatic rings. The molecule has 1 aliphatic heterocycles. The molecule has 20 heavy (non-hydrogen) atoms. The van der Waals surface area contributed by atoms with Crippen molar-refractivity contribution in [2.75, 3.05) is 6.61 Å². The summed E-state index contributed by atoms with van der Waals surface area (Å²) in [6.45, 7) is 5.09. The van der Waals surface area contributed by atoms with E-state index in [1.165, 1.54) is 0 Å². The molecule has 2 aromatic carbocycles. The van der Waals surface area contributed by atoms with Crippen LogP contribution in [-0.2, 0) is 11.4 Å². The second kappa shape index (κ2) is 5.90. The Morgan fingerprint density at radius 3 is 2.70 bits per heavy atom. The third kappa shape index (κ3) is 2.74. The molecule has 3 heteroatoms. The summed E-state index contributed by atoms with van der Waals surface area (Å²) in [7, 11) is 0. The number of para-hydroxylation sites is 1. The maximum absolute atomic E-state index is 5.64. The molecule has 0 spiro atoms. The fraction of sp³-hybridized carbons (Fsp3) is 0.176. The van der Waals surface area contributed by atoms with Gasteiger partial charge in [-0.2, -0.15) is 5.48 Å². The zero-order chi connectivity index (χ0) is 13.8. The monoisotopic (exact) mass is 267 g/mol. The van der Waals surface area contributed by atoms with Gasteiger partial charge in [-0.25, -0.2) is 0 Å². The van der Waals surface area contributed by atoms with Crippen LogP contribution in [-0.4, -0.2) is 6.61 Å². The summed E-state index contributed by atoms with van der Waals surface area (Å²) in [6.07, 6.45) is 0. The Balaban J connectivity index is 1.66. The normalized spacial score (nSPS) is 17.4. The minimum atomic E-state index is -0.0244. The van der Waals surface area contributed by atoms with Crippen molar-refractivity contribution < 1.29 is 9.57 Å². The Bertz CT molecular complexity index is 595. The fourth-order valence-corrected chi connectivity index (χ4v) is 2.25. The van der Waals surface area contributed by atoms with Gasteiger partial charge in [0.25, 0.3) is 0 Å². The molecule has 0 unspecified atom stereocenters. The van der Waals surface area contributed by atoms with E-state index in [2.05, 4.69) is 12.1 Å². The molecule has 2 aromatic rings. The zero-order valence-corrected chi connectivity index (χ0v) is 11.2. The first kappa shape index (κ1) is 12.9. The second-order valence-electron chi connectivity index (χ2n) is 4.81. The van der Waals surface area contributed by atoms with Crippen LogP contribution in [0, 0.1) is 0 Å². The summed E-state index contributed by atoms with van der Waals surface area (Å²) < 4.78 is 5.64. The molecule has 0 saturated carbocycles. The van der Waals surface area contributed by atoms with Gasteiger partial charge in [-0.15, -0.1) is 0 Å². The fourth-order valence-electron chi connectivity index (χ4n) is 2.25. The number of hydrogen-bond donors (Lipinski definition) is 1. The minimum absolute atomic E-state index is 0.0244. The number of ether oxygens (including phenoxy) is 1. The Morgan fingerprint density at radius 2 is 1.85 bits per heavy atom. The van der Waals surface area contributed by atoms with Gasteiger partial charge in [0.15, 0.2) is 0 Å². The summed E-state index contributed by atoms with van der Waals surface area (Å²) in [6, 6.07) is 18.0. The number of benzene rings is 2. The van der Waals surface area contributed by atoms with Gasteiger partial charge in [0.2, 0.25) is 0 Å². The average Bonchev–Trinajstić information content (AvgIpc) is 2.50. The number of nitrogens with one attached hydrogen (secondary N) is 1. The SMILES string of the molecule is C=C1COc2ccccc2[C@@H]1NOCc1ccccc1. The summed E-state index contributed by atoms with van der Waals surface area (Å²) >= 11 is 0. The van der Waals surface area contributed by atoms with Gasteiger partial charge in [0.1, 0.15) is 12.4 Å². The van der Waals surface area contributed by atoms with Crippen LogP contribution in [0.3, 0.4) is 0 Å². The first-order valence-electron chi connectivity index (χ1n) is 6.65. The average molecular weight is 267 g/mol. The predicted octanol–water partition coefficient (Wildman–Crippen LogP) is 3.40. The van der Waals surface area contributed by atoms with Crippen molar-refractivity contribution in [1.29, 1.82) is 0 Å². The van der Waals surface area contributed by atoms with Crippen molar-refractivity contribution >= 4 is 0 Å². The van der Waals surface area contributed by atoms with Gasteiger partial charge >= 0.3 is 0 Å². The molecule has 1 N–H and O–H groups in total. The molecule has 3 rings (SSSR count). The molecular formula is C17H17NO2. The van der Waals surface area contributed by atoms with E-state index in [9.17, 15) is 0 Å². The summed E-state index contributed by atoms with van der Waals surface area (Å²) in [4.78, 5) is 5.62. The third-order valence-electron chi connectivity index (χ3n) is 3.33. The maximum Gasteiger partial charge on any atom is 0.124 e. The molecule has 1 heterocycles. The van der Waals surface area contributed by atoms with Crippen molar-refractivity contribution in [2.24, 2.45) is 0 Å². The van der Waals surface area contributed by atoms with E-state index in [1.54, 1.807) is 0 Å². The largest absolute Gasteiger partial charge is 0.489 e. The predicted molar refractivity (Wildman–Crippen MR) is 78.2 cm³/mol. The van der Waals surface area contributed by atoms with Crippen LogP contribution < -0.4 is 10.2 Å². The number of fused-ring (bicyclic) bond motifs is 1. The van der Waals surface area contributed by atoms with E-state index in [0.29, 0.717) is 13.2 Å². The lowest BCUT2D eigenvalue weighted by Crippen LogP contribution is -2.29. The van der Waals surface area contributed by atoms with Gasteiger partial charge in [0.05, 0.1) is 12.6 Å². The van der Waals surface area contributed by atoms with Crippen LogP contribution in [0.2, 0.25) is 0 Å². The highest BCUT2D eigenvalue weighted by atomic mass is 16.6. The lowest BCUT2D eigenvalue weighted by Gasteiger charge is -2.28. The van der Waals surface area contributed by atoms with Crippen molar-refractivity contribution in [2.45, 2.75) is 12.6 Å². The van der Waals surface area contributed by atoms with Crippen LogP contribution in [0.4, 0.5) is 0 Å².